The fourth-order valence-electron chi connectivity index (χ4n) is 8.20. The summed E-state index contributed by atoms with van der Waals surface area (Å²) in [5.74, 6) is 0. The second-order valence-electron chi connectivity index (χ2n) is 13.8. The second kappa shape index (κ2) is 10.7. The summed E-state index contributed by atoms with van der Waals surface area (Å²) in [6, 6.07) is 60.8. The summed E-state index contributed by atoms with van der Waals surface area (Å²) in [6.07, 6.45) is 0. The zero-order valence-electron chi connectivity index (χ0n) is 27.4. The van der Waals surface area contributed by atoms with Gasteiger partial charge in [-0.25, -0.2) is 0 Å². The predicted molar refractivity (Wildman–Crippen MR) is 212 cm³/mol. The van der Waals surface area contributed by atoms with Gasteiger partial charge >= 0.3 is 0 Å². The normalized spacial score (nSPS) is 13.3. The van der Waals surface area contributed by atoms with Crippen molar-refractivity contribution in [2.24, 2.45) is 0 Å². The molecule has 232 valence electrons. The lowest BCUT2D eigenvalue weighted by molar-refractivity contribution is 0.660. The SMILES string of the molecule is CC1(C)c2ccccc2-c2c(N(c3cccc(-c4ccc5ccccc5c4)c3)c3cccc4cc5sc6ccccc6c5cc34)cccc21. The zero-order valence-corrected chi connectivity index (χ0v) is 28.3. The molecule has 49 heavy (non-hydrogen) atoms. The minimum absolute atomic E-state index is 0.0962. The first-order valence-corrected chi connectivity index (χ1v) is 17.8. The van der Waals surface area contributed by atoms with E-state index in [1.54, 1.807) is 0 Å². The van der Waals surface area contributed by atoms with Crippen molar-refractivity contribution in [1.82, 2.24) is 0 Å². The van der Waals surface area contributed by atoms with Gasteiger partial charge in [0.05, 0.1) is 11.4 Å². The quantitative estimate of drug-likeness (QED) is 0.184. The van der Waals surface area contributed by atoms with E-state index in [0.29, 0.717) is 0 Å². The van der Waals surface area contributed by atoms with Crippen LogP contribution in [0.5, 0.6) is 0 Å². The van der Waals surface area contributed by atoms with Crippen LogP contribution in [0.2, 0.25) is 0 Å². The van der Waals surface area contributed by atoms with E-state index < -0.39 is 0 Å². The van der Waals surface area contributed by atoms with Crippen LogP contribution < -0.4 is 4.90 Å². The molecule has 0 spiro atoms. The fourth-order valence-corrected chi connectivity index (χ4v) is 9.33. The molecule has 0 amide bonds. The van der Waals surface area contributed by atoms with Crippen LogP contribution >= 0.6 is 11.3 Å². The highest BCUT2D eigenvalue weighted by Gasteiger charge is 2.37. The van der Waals surface area contributed by atoms with Gasteiger partial charge in [-0.15, -0.1) is 11.3 Å². The van der Waals surface area contributed by atoms with Crippen molar-refractivity contribution < 1.29 is 0 Å². The molecule has 8 aromatic carbocycles. The van der Waals surface area contributed by atoms with Crippen LogP contribution in [0.15, 0.2) is 164 Å². The first-order chi connectivity index (χ1) is 24.0. The molecular weight excluding hydrogens is 611 g/mol. The summed E-state index contributed by atoms with van der Waals surface area (Å²) in [6.45, 7) is 4.73. The largest absolute Gasteiger partial charge is 0.309 e. The third kappa shape index (κ3) is 4.31. The first-order valence-electron chi connectivity index (χ1n) is 17.0. The molecule has 0 radical (unpaired) electrons. The molecule has 0 unspecified atom stereocenters. The molecule has 1 aliphatic rings. The summed E-state index contributed by atoms with van der Waals surface area (Å²) in [5, 5.41) is 7.64. The van der Waals surface area contributed by atoms with Gasteiger partial charge in [0, 0.05) is 42.2 Å². The molecule has 9 aromatic rings. The Balaban J connectivity index is 1.26. The van der Waals surface area contributed by atoms with Crippen molar-refractivity contribution in [3.8, 4) is 22.3 Å². The maximum absolute atomic E-state index is 2.52. The molecule has 0 atom stereocenters. The number of benzene rings is 8. The topological polar surface area (TPSA) is 3.24 Å². The van der Waals surface area contributed by atoms with E-state index in [1.165, 1.54) is 86.5 Å². The molecule has 0 fully saturated rings. The average Bonchev–Trinajstić information content (AvgIpc) is 3.62. The van der Waals surface area contributed by atoms with Gasteiger partial charge < -0.3 is 4.90 Å². The minimum Gasteiger partial charge on any atom is -0.309 e. The van der Waals surface area contributed by atoms with Crippen molar-refractivity contribution >= 4 is 70.1 Å². The van der Waals surface area contributed by atoms with Gasteiger partial charge in [0.25, 0.3) is 0 Å². The number of rotatable bonds is 4. The number of fused-ring (bicyclic) bond motifs is 8. The summed E-state index contributed by atoms with van der Waals surface area (Å²) in [7, 11) is 0. The number of hydrogen-bond donors (Lipinski definition) is 0. The van der Waals surface area contributed by atoms with E-state index in [1.807, 2.05) is 11.3 Å². The van der Waals surface area contributed by atoms with Crippen LogP contribution in [0.3, 0.4) is 0 Å². The lowest BCUT2D eigenvalue weighted by Gasteiger charge is -2.30. The van der Waals surface area contributed by atoms with Gasteiger partial charge in [-0.05, 0) is 92.5 Å². The van der Waals surface area contributed by atoms with Crippen LogP contribution in [0.4, 0.5) is 17.1 Å². The molecule has 1 heterocycles. The molecule has 0 bridgehead atoms. The van der Waals surface area contributed by atoms with Crippen LogP contribution in [0.25, 0.3) is 64.0 Å². The van der Waals surface area contributed by atoms with Gasteiger partial charge in [-0.3, -0.25) is 0 Å². The average molecular weight is 644 g/mol. The Hall–Kier alpha value is -5.70. The lowest BCUT2D eigenvalue weighted by Crippen LogP contribution is -2.16. The van der Waals surface area contributed by atoms with E-state index in [0.717, 1.165) is 5.69 Å². The highest BCUT2D eigenvalue weighted by molar-refractivity contribution is 7.25. The summed E-state index contributed by atoms with van der Waals surface area (Å²) >= 11 is 1.88. The molecule has 0 N–H and O–H groups in total. The fraction of sp³-hybridized carbons (Fsp3) is 0.0638. The highest BCUT2D eigenvalue weighted by atomic mass is 32.1. The highest BCUT2D eigenvalue weighted by Crippen LogP contribution is 2.55. The van der Waals surface area contributed by atoms with E-state index in [2.05, 4.69) is 183 Å². The van der Waals surface area contributed by atoms with Gasteiger partial charge in [0.1, 0.15) is 0 Å². The smallest absolute Gasteiger partial charge is 0.0543 e. The summed E-state index contributed by atoms with van der Waals surface area (Å²) < 4.78 is 2.65. The Morgan fingerprint density at radius 2 is 1.16 bits per heavy atom. The monoisotopic (exact) mass is 643 g/mol. The van der Waals surface area contributed by atoms with Crippen molar-refractivity contribution in [2.75, 3.05) is 4.90 Å². The summed E-state index contributed by atoms with van der Waals surface area (Å²) in [5.41, 5.74) is 11.2. The second-order valence-corrected chi connectivity index (χ2v) is 14.8. The Labute approximate surface area is 290 Å². The first kappa shape index (κ1) is 28.3. The van der Waals surface area contributed by atoms with E-state index in [-0.39, 0.29) is 5.41 Å². The van der Waals surface area contributed by atoms with Crippen LogP contribution in [-0.4, -0.2) is 0 Å². The minimum atomic E-state index is -0.0962. The molecule has 1 aliphatic carbocycles. The Morgan fingerprint density at radius 3 is 2.10 bits per heavy atom. The van der Waals surface area contributed by atoms with Crippen LogP contribution in [0, 0.1) is 0 Å². The molecule has 1 aromatic heterocycles. The van der Waals surface area contributed by atoms with Gasteiger partial charge in [-0.1, -0.05) is 129 Å². The third-order valence-electron chi connectivity index (χ3n) is 10.6. The Bertz CT molecular complexity index is 2770. The Kier molecular flexibility index (Phi) is 6.16. The van der Waals surface area contributed by atoms with Crippen LogP contribution in [-0.2, 0) is 5.41 Å². The zero-order chi connectivity index (χ0) is 32.7. The molecule has 1 nitrogen and oxygen atoms in total. The number of hydrogen-bond acceptors (Lipinski definition) is 2. The summed E-state index contributed by atoms with van der Waals surface area (Å²) in [4.78, 5) is 2.52. The van der Waals surface area contributed by atoms with Gasteiger partial charge in [-0.2, -0.15) is 0 Å². The van der Waals surface area contributed by atoms with Crippen molar-refractivity contribution in [1.29, 1.82) is 0 Å². The maximum Gasteiger partial charge on any atom is 0.0543 e. The molecule has 2 heteroatoms. The molecule has 10 rings (SSSR count). The van der Waals surface area contributed by atoms with Crippen molar-refractivity contribution in [3.05, 3.63) is 175 Å². The lowest BCUT2D eigenvalue weighted by atomic mass is 9.82. The van der Waals surface area contributed by atoms with E-state index in [4.69, 9.17) is 0 Å². The standard InChI is InChI=1S/C47H33NS/c1-47(2)40-19-7-5-18-37(40)46-41(47)20-11-22-43(46)48(35-16-9-14-32(27-35)33-25-24-30-12-3-4-13-31(30)26-33)42-21-10-15-34-28-45-39(29-38(34)42)36-17-6-8-23-44(36)49-45/h3-29H,1-2H3. The maximum atomic E-state index is 2.52. The predicted octanol–water partition coefficient (Wildman–Crippen LogP) is 13.8. The molecule has 0 aliphatic heterocycles. The molecule has 0 saturated heterocycles. The number of nitrogens with zero attached hydrogens (tertiary/aromatic N) is 1. The number of anilines is 3. The van der Waals surface area contributed by atoms with Crippen molar-refractivity contribution in [3.63, 3.8) is 0 Å². The van der Waals surface area contributed by atoms with E-state index in [9.17, 15) is 0 Å². The molecular formula is C47H33NS. The van der Waals surface area contributed by atoms with Gasteiger partial charge in [0.2, 0.25) is 0 Å². The van der Waals surface area contributed by atoms with Crippen LogP contribution in [0.1, 0.15) is 25.0 Å². The Morgan fingerprint density at radius 1 is 0.449 bits per heavy atom. The van der Waals surface area contributed by atoms with Crippen molar-refractivity contribution in [2.45, 2.75) is 19.3 Å². The third-order valence-corrected chi connectivity index (χ3v) is 11.7. The van der Waals surface area contributed by atoms with E-state index >= 15 is 0 Å². The van der Waals surface area contributed by atoms with Gasteiger partial charge in [0.15, 0.2) is 0 Å². The number of thiophene rings is 1. The molecule has 0 saturated carbocycles.